The van der Waals surface area contributed by atoms with Crippen LogP contribution >= 0.6 is 0 Å². The first-order valence-corrected chi connectivity index (χ1v) is 6.73. The highest BCUT2D eigenvalue weighted by Crippen LogP contribution is 2.30. The van der Waals surface area contributed by atoms with Crippen molar-refractivity contribution in [1.82, 2.24) is 4.98 Å². The van der Waals surface area contributed by atoms with E-state index in [0.717, 1.165) is 16.9 Å². The van der Waals surface area contributed by atoms with Crippen LogP contribution in [0.15, 0.2) is 59.4 Å². The quantitative estimate of drug-likeness (QED) is 0.593. The van der Waals surface area contributed by atoms with Gasteiger partial charge in [-0.15, -0.1) is 0 Å². The van der Waals surface area contributed by atoms with Crippen molar-refractivity contribution >= 4 is 0 Å². The van der Waals surface area contributed by atoms with Crippen molar-refractivity contribution in [3.8, 4) is 11.3 Å². The van der Waals surface area contributed by atoms with E-state index >= 15 is 0 Å². The van der Waals surface area contributed by atoms with Crippen LogP contribution in [0.25, 0.3) is 11.3 Å². The van der Waals surface area contributed by atoms with Crippen LogP contribution in [0.5, 0.6) is 0 Å². The van der Waals surface area contributed by atoms with Gasteiger partial charge in [0, 0.05) is 17.2 Å². The summed E-state index contributed by atoms with van der Waals surface area (Å²) in [6.45, 7) is 0. The van der Waals surface area contributed by atoms with Crippen LogP contribution in [0, 0.1) is 0 Å². The van der Waals surface area contributed by atoms with E-state index in [4.69, 9.17) is 4.42 Å². The van der Waals surface area contributed by atoms with Crippen LogP contribution in [-0.4, -0.2) is 10.2 Å². The van der Waals surface area contributed by atoms with Gasteiger partial charge in [0.05, 0.1) is 17.3 Å². The molecule has 4 nitrogen and oxygen atoms in total. The summed E-state index contributed by atoms with van der Waals surface area (Å²) >= 11 is 0. The van der Waals surface area contributed by atoms with Crippen molar-refractivity contribution in [3.05, 3.63) is 72.0 Å². The molecule has 0 aliphatic carbocycles. The zero-order chi connectivity index (χ0) is 16.4. The molecule has 2 heterocycles. The molecule has 23 heavy (non-hydrogen) atoms. The number of halogens is 3. The third kappa shape index (κ3) is 3.50. The molecule has 2 aromatic heterocycles. The van der Waals surface area contributed by atoms with E-state index in [1.54, 1.807) is 18.2 Å². The Labute approximate surface area is 129 Å². The molecular weight excluding hydrogens is 309 g/mol. The van der Waals surface area contributed by atoms with Gasteiger partial charge in [-0.3, -0.25) is 5.21 Å². The summed E-state index contributed by atoms with van der Waals surface area (Å²) in [6, 6.07) is 8.39. The number of pyridine rings is 1. The standard InChI is InChI=1S/C16H12F3N2O2/c17-16(18,19)13-5-1-3-11(7-13)8-15-20-9-14(23-15)12-4-2-6-21(22)10-12/h1-7,9-10,22H,8H2/q+1. The molecule has 0 bridgehead atoms. The van der Waals surface area contributed by atoms with Crippen LogP contribution in [0.2, 0.25) is 0 Å². The fourth-order valence-electron chi connectivity index (χ4n) is 2.17. The Hall–Kier alpha value is -2.83. The van der Waals surface area contributed by atoms with E-state index in [0.29, 0.717) is 22.8 Å². The Morgan fingerprint density at radius 2 is 2.00 bits per heavy atom. The highest BCUT2D eigenvalue weighted by molar-refractivity contribution is 5.53. The molecule has 0 radical (unpaired) electrons. The van der Waals surface area contributed by atoms with Crippen molar-refractivity contribution in [2.45, 2.75) is 12.6 Å². The first-order chi connectivity index (χ1) is 10.9. The minimum atomic E-state index is -4.38. The largest absolute Gasteiger partial charge is 0.440 e. The van der Waals surface area contributed by atoms with Crippen molar-refractivity contribution in [1.29, 1.82) is 0 Å². The summed E-state index contributed by atoms with van der Waals surface area (Å²) in [5.41, 5.74) is 0.363. The van der Waals surface area contributed by atoms with Crippen molar-refractivity contribution in [2.24, 2.45) is 0 Å². The summed E-state index contributed by atoms with van der Waals surface area (Å²) in [7, 11) is 0. The van der Waals surface area contributed by atoms with E-state index in [-0.39, 0.29) is 6.42 Å². The number of alkyl halides is 3. The van der Waals surface area contributed by atoms with E-state index < -0.39 is 11.7 Å². The van der Waals surface area contributed by atoms with Crippen molar-refractivity contribution in [3.63, 3.8) is 0 Å². The second kappa shape index (κ2) is 5.75. The van der Waals surface area contributed by atoms with E-state index in [2.05, 4.69) is 4.98 Å². The Kier molecular flexibility index (Phi) is 3.77. The van der Waals surface area contributed by atoms with Crippen LogP contribution in [0.3, 0.4) is 0 Å². The molecule has 1 N–H and O–H groups in total. The lowest BCUT2D eigenvalue weighted by Crippen LogP contribution is -2.28. The van der Waals surface area contributed by atoms with Crippen LogP contribution in [-0.2, 0) is 12.6 Å². The predicted octanol–water partition coefficient (Wildman–Crippen LogP) is 3.48. The molecule has 7 heteroatoms. The summed E-state index contributed by atoms with van der Waals surface area (Å²) in [6.07, 6.45) is 0.128. The highest BCUT2D eigenvalue weighted by atomic mass is 19.4. The van der Waals surface area contributed by atoms with Gasteiger partial charge in [-0.2, -0.15) is 13.2 Å². The molecule has 0 unspecified atom stereocenters. The normalized spacial score (nSPS) is 11.6. The second-order valence-electron chi connectivity index (χ2n) is 4.97. The zero-order valence-corrected chi connectivity index (χ0v) is 11.8. The molecule has 3 rings (SSSR count). The van der Waals surface area contributed by atoms with Crippen LogP contribution < -0.4 is 4.73 Å². The van der Waals surface area contributed by atoms with Crippen LogP contribution in [0.4, 0.5) is 13.2 Å². The Morgan fingerprint density at radius 3 is 2.74 bits per heavy atom. The topological polar surface area (TPSA) is 50.1 Å². The number of aromatic nitrogens is 2. The molecule has 0 fully saturated rings. The van der Waals surface area contributed by atoms with Gasteiger partial charge in [-0.1, -0.05) is 18.2 Å². The van der Waals surface area contributed by atoms with Gasteiger partial charge < -0.3 is 4.42 Å². The third-order valence-electron chi connectivity index (χ3n) is 3.23. The Morgan fingerprint density at radius 1 is 1.17 bits per heavy atom. The molecule has 0 spiro atoms. The number of rotatable bonds is 3. The molecule has 0 saturated heterocycles. The Balaban J connectivity index is 1.82. The summed E-state index contributed by atoms with van der Waals surface area (Å²) < 4.78 is 44.5. The van der Waals surface area contributed by atoms with Gasteiger partial charge in [0.15, 0.2) is 11.7 Å². The van der Waals surface area contributed by atoms with Gasteiger partial charge in [-0.25, -0.2) is 4.98 Å². The predicted molar refractivity (Wildman–Crippen MR) is 73.6 cm³/mol. The first-order valence-electron chi connectivity index (χ1n) is 6.73. The van der Waals surface area contributed by atoms with E-state index in [9.17, 15) is 18.4 Å². The maximum absolute atomic E-state index is 12.7. The minimum absolute atomic E-state index is 0.149. The second-order valence-corrected chi connectivity index (χ2v) is 4.97. The van der Waals surface area contributed by atoms with Gasteiger partial charge in [-0.05, 0) is 17.7 Å². The number of hydrogen-bond acceptors (Lipinski definition) is 3. The van der Waals surface area contributed by atoms with Crippen molar-refractivity contribution in [2.75, 3.05) is 0 Å². The number of benzene rings is 1. The zero-order valence-electron chi connectivity index (χ0n) is 11.8. The molecule has 3 aromatic rings. The lowest BCUT2D eigenvalue weighted by Gasteiger charge is -2.07. The van der Waals surface area contributed by atoms with Crippen molar-refractivity contribution < 1.29 is 27.5 Å². The molecule has 0 saturated carbocycles. The first kappa shape index (κ1) is 15.1. The number of hydrogen-bond donors (Lipinski definition) is 1. The fraction of sp³-hybridized carbons (Fsp3) is 0.125. The lowest BCUT2D eigenvalue weighted by atomic mass is 10.1. The number of nitrogens with zero attached hydrogens (tertiary/aromatic N) is 2. The van der Waals surface area contributed by atoms with E-state index in [1.165, 1.54) is 24.7 Å². The maximum atomic E-state index is 12.7. The van der Waals surface area contributed by atoms with Gasteiger partial charge >= 0.3 is 6.18 Å². The fourth-order valence-corrected chi connectivity index (χ4v) is 2.17. The molecule has 0 amide bonds. The minimum Gasteiger partial charge on any atom is -0.440 e. The summed E-state index contributed by atoms with van der Waals surface area (Å²) in [5.74, 6) is 0.725. The SMILES string of the molecule is O[n+]1cccc(-c2cnc(Cc3cccc(C(F)(F)F)c3)o2)c1. The highest BCUT2D eigenvalue weighted by Gasteiger charge is 2.30. The van der Waals surface area contributed by atoms with Gasteiger partial charge in [0.2, 0.25) is 12.4 Å². The molecule has 0 aliphatic rings. The molecule has 1 aromatic carbocycles. The maximum Gasteiger partial charge on any atom is 0.416 e. The monoisotopic (exact) mass is 321 g/mol. The molecule has 0 atom stereocenters. The smallest absolute Gasteiger partial charge is 0.416 e. The molecule has 118 valence electrons. The summed E-state index contributed by atoms with van der Waals surface area (Å²) in [5, 5.41) is 9.37. The van der Waals surface area contributed by atoms with Gasteiger partial charge in [0.25, 0.3) is 0 Å². The van der Waals surface area contributed by atoms with Gasteiger partial charge in [0.1, 0.15) is 0 Å². The molecule has 0 aliphatic heterocycles. The summed E-state index contributed by atoms with van der Waals surface area (Å²) in [4.78, 5) is 4.07. The van der Waals surface area contributed by atoms with E-state index in [1.807, 2.05) is 0 Å². The lowest BCUT2D eigenvalue weighted by molar-refractivity contribution is -0.904. The third-order valence-corrected chi connectivity index (χ3v) is 3.23. The molecular formula is C16H12F3N2O2+. The average molecular weight is 321 g/mol. The Bertz CT molecular complexity index is 828. The average Bonchev–Trinajstić information content (AvgIpc) is 2.95. The van der Waals surface area contributed by atoms with Crippen LogP contribution in [0.1, 0.15) is 17.0 Å². The number of oxazole rings is 1.